The lowest BCUT2D eigenvalue weighted by Gasteiger charge is -2.42. The number of halogens is 2. The normalized spacial score (nSPS) is 22.8. The van der Waals surface area contributed by atoms with E-state index in [0.717, 1.165) is 51.1 Å². The van der Waals surface area contributed by atoms with E-state index in [9.17, 15) is 22.0 Å². The van der Waals surface area contributed by atoms with Crippen molar-refractivity contribution >= 4 is 15.9 Å². The zero-order valence-electron chi connectivity index (χ0n) is 19.6. The van der Waals surface area contributed by atoms with E-state index in [4.69, 9.17) is 9.47 Å². The van der Waals surface area contributed by atoms with Crippen molar-refractivity contribution < 1.29 is 31.5 Å². The average molecular weight is 489 g/mol. The number of carbonyl (C=O) groups excluding carboxylic acids is 1. The van der Waals surface area contributed by atoms with Crippen molar-refractivity contribution in [3.63, 3.8) is 0 Å². The number of benzene rings is 1. The Balaban J connectivity index is 1.41. The van der Waals surface area contributed by atoms with E-state index in [1.807, 2.05) is 0 Å². The number of nitrogens with zero attached hydrogens (tertiary/aromatic N) is 2. The van der Waals surface area contributed by atoms with Crippen LogP contribution in [0, 0.1) is 11.7 Å². The molecule has 0 atom stereocenters. The van der Waals surface area contributed by atoms with Crippen LogP contribution < -0.4 is 4.74 Å². The van der Waals surface area contributed by atoms with Gasteiger partial charge in [-0.25, -0.2) is 22.0 Å². The van der Waals surface area contributed by atoms with Gasteiger partial charge in [-0.2, -0.15) is 0 Å². The molecule has 0 bridgehead atoms. The van der Waals surface area contributed by atoms with Crippen LogP contribution in [0.25, 0.3) is 0 Å². The summed E-state index contributed by atoms with van der Waals surface area (Å²) in [5, 5.41) is 0. The fourth-order valence-electron chi connectivity index (χ4n) is 4.31. The van der Waals surface area contributed by atoms with Crippen molar-refractivity contribution in [2.24, 2.45) is 5.92 Å². The molecule has 0 spiro atoms. The predicted octanol–water partition coefficient (Wildman–Crippen LogP) is 3.67. The van der Waals surface area contributed by atoms with Crippen molar-refractivity contribution in [2.45, 2.75) is 56.1 Å². The van der Waals surface area contributed by atoms with E-state index in [1.165, 1.54) is 12.1 Å². The van der Waals surface area contributed by atoms with Gasteiger partial charge in [0.25, 0.3) is 0 Å². The molecule has 1 amide bonds. The molecule has 2 aliphatic rings. The van der Waals surface area contributed by atoms with E-state index in [0.29, 0.717) is 31.7 Å². The Kier molecular flexibility index (Phi) is 8.21. The van der Waals surface area contributed by atoms with E-state index in [-0.39, 0.29) is 10.6 Å². The van der Waals surface area contributed by atoms with Crippen LogP contribution in [0.3, 0.4) is 0 Å². The van der Waals surface area contributed by atoms with Gasteiger partial charge in [0.1, 0.15) is 12.3 Å². The molecule has 0 radical (unpaired) electrons. The predicted molar refractivity (Wildman–Crippen MR) is 120 cm³/mol. The zero-order chi connectivity index (χ0) is 24.2. The largest absolute Gasteiger partial charge is 0.490 e. The molecule has 3 rings (SSSR count). The highest BCUT2D eigenvalue weighted by atomic mass is 32.2. The summed E-state index contributed by atoms with van der Waals surface area (Å²) in [6.45, 7) is 5.44. The van der Waals surface area contributed by atoms with Crippen LogP contribution in [0.4, 0.5) is 13.6 Å². The lowest BCUT2D eigenvalue weighted by Crippen LogP contribution is -2.53. The number of alkyl halides is 1. The molecule has 10 heteroatoms. The maximum atomic E-state index is 14.2. The van der Waals surface area contributed by atoms with Crippen LogP contribution in [-0.2, 0) is 14.6 Å². The molecule has 1 saturated heterocycles. The molecule has 1 aliphatic heterocycles. The van der Waals surface area contributed by atoms with Crippen LogP contribution in [0.1, 0.15) is 39.5 Å². The number of ether oxygens (including phenoxy) is 2. The standard InChI is InChI=1S/C23H34F2N2O5S/c1-23(2,16-24)32-22(28)27-12-10-26(11-13-27)18-6-4-17(5-7-18)15-31-21-9-8-19(14-20(21)25)33(3,29)30/h8-9,14,17-18H,4-7,10-13,15-16H2,1-3H3. The third-order valence-electron chi connectivity index (χ3n) is 6.40. The second-order valence-electron chi connectivity index (χ2n) is 9.63. The van der Waals surface area contributed by atoms with Gasteiger partial charge in [-0.1, -0.05) is 0 Å². The summed E-state index contributed by atoms with van der Waals surface area (Å²) in [5.41, 5.74) is -1.10. The molecular weight excluding hydrogens is 454 g/mol. The summed E-state index contributed by atoms with van der Waals surface area (Å²) >= 11 is 0. The van der Waals surface area contributed by atoms with Gasteiger partial charge in [0.05, 0.1) is 11.5 Å². The Morgan fingerprint density at radius 1 is 1.12 bits per heavy atom. The topological polar surface area (TPSA) is 76.2 Å². The van der Waals surface area contributed by atoms with Gasteiger partial charge in [-0.15, -0.1) is 0 Å². The maximum Gasteiger partial charge on any atom is 0.410 e. The summed E-state index contributed by atoms with van der Waals surface area (Å²) in [7, 11) is -3.46. The van der Waals surface area contributed by atoms with Gasteiger partial charge in [0, 0.05) is 38.5 Å². The second-order valence-corrected chi connectivity index (χ2v) is 11.6. The number of piperazine rings is 1. The van der Waals surface area contributed by atoms with Crippen LogP contribution in [0.2, 0.25) is 0 Å². The Morgan fingerprint density at radius 3 is 2.30 bits per heavy atom. The molecule has 0 N–H and O–H groups in total. The van der Waals surface area contributed by atoms with Crippen LogP contribution in [0.5, 0.6) is 5.75 Å². The molecule has 1 heterocycles. The highest BCUT2D eigenvalue weighted by Gasteiger charge is 2.32. The molecule has 33 heavy (non-hydrogen) atoms. The average Bonchev–Trinajstić information content (AvgIpc) is 2.78. The summed E-state index contributed by atoms with van der Waals surface area (Å²) in [6, 6.07) is 4.16. The highest BCUT2D eigenvalue weighted by molar-refractivity contribution is 7.90. The molecular formula is C23H34F2N2O5S. The molecule has 2 fully saturated rings. The van der Waals surface area contributed by atoms with Crippen molar-refractivity contribution in [1.29, 1.82) is 0 Å². The molecule has 1 saturated carbocycles. The molecule has 1 aromatic carbocycles. The first-order chi connectivity index (χ1) is 15.5. The van der Waals surface area contributed by atoms with E-state index < -0.39 is 34.0 Å². The molecule has 1 aliphatic carbocycles. The number of hydrogen-bond donors (Lipinski definition) is 0. The Labute approximate surface area is 194 Å². The minimum atomic E-state index is -3.46. The number of sulfone groups is 1. The molecule has 0 aromatic heterocycles. The molecule has 7 nitrogen and oxygen atoms in total. The van der Waals surface area contributed by atoms with Crippen LogP contribution in [0.15, 0.2) is 23.1 Å². The summed E-state index contributed by atoms with van der Waals surface area (Å²) in [4.78, 5) is 16.2. The first-order valence-corrected chi connectivity index (χ1v) is 13.3. The molecule has 1 aromatic rings. The molecule has 186 valence electrons. The minimum absolute atomic E-state index is 0.0626. The quantitative estimate of drug-likeness (QED) is 0.583. The number of hydrogen-bond acceptors (Lipinski definition) is 6. The smallest absolute Gasteiger partial charge is 0.410 e. The van der Waals surface area contributed by atoms with E-state index in [1.54, 1.807) is 18.7 Å². The van der Waals surface area contributed by atoms with E-state index >= 15 is 0 Å². The first-order valence-electron chi connectivity index (χ1n) is 11.4. The van der Waals surface area contributed by atoms with Crippen molar-refractivity contribution in [2.75, 3.05) is 45.7 Å². The lowest BCUT2D eigenvalue weighted by atomic mass is 9.85. The van der Waals surface area contributed by atoms with Gasteiger partial charge >= 0.3 is 6.09 Å². The monoisotopic (exact) mass is 488 g/mol. The Bertz CT molecular complexity index is 925. The number of amides is 1. The second kappa shape index (κ2) is 10.5. The van der Waals surface area contributed by atoms with Crippen LogP contribution in [-0.4, -0.2) is 81.7 Å². The van der Waals surface area contributed by atoms with Crippen LogP contribution >= 0.6 is 0 Å². The third kappa shape index (κ3) is 7.02. The van der Waals surface area contributed by atoms with Gasteiger partial charge in [0.15, 0.2) is 21.4 Å². The van der Waals surface area contributed by atoms with Gasteiger partial charge in [0.2, 0.25) is 0 Å². The number of rotatable bonds is 7. The fourth-order valence-corrected chi connectivity index (χ4v) is 4.94. The zero-order valence-corrected chi connectivity index (χ0v) is 20.4. The van der Waals surface area contributed by atoms with Gasteiger partial charge < -0.3 is 14.4 Å². The SMILES string of the molecule is CC(C)(CF)OC(=O)N1CCN(C2CCC(COc3ccc(S(C)(=O)=O)cc3F)CC2)CC1. The molecule has 0 unspecified atom stereocenters. The Morgan fingerprint density at radius 2 is 1.76 bits per heavy atom. The number of carbonyl (C=O) groups is 1. The fraction of sp³-hybridized carbons (Fsp3) is 0.696. The summed E-state index contributed by atoms with van der Waals surface area (Å²) in [5.74, 6) is -0.282. The summed E-state index contributed by atoms with van der Waals surface area (Å²) < 4.78 is 61.0. The lowest BCUT2D eigenvalue weighted by molar-refractivity contribution is -0.0129. The highest BCUT2D eigenvalue weighted by Crippen LogP contribution is 2.30. The van der Waals surface area contributed by atoms with Crippen molar-refractivity contribution in [1.82, 2.24) is 9.80 Å². The minimum Gasteiger partial charge on any atom is -0.490 e. The summed E-state index contributed by atoms with van der Waals surface area (Å²) in [6.07, 6.45) is 4.50. The Hall–Kier alpha value is -1.94. The van der Waals surface area contributed by atoms with E-state index in [2.05, 4.69) is 4.90 Å². The van der Waals surface area contributed by atoms with Crippen molar-refractivity contribution in [3.05, 3.63) is 24.0 Å². The third-order valence-corrected chi connectivity index (χ3v) is 7.51. The van der Waals surface area contributed by atoms with Gasteiger partial charge in [-0.3, -0.25) is 4.90 Å². The maximum absolute atomic E-state index is 14.2. The van der Waals surface area contributed by atoms with Crippen molar-refractivity contribution in [3.8, 4) is 5.75 Å². The van der Waals surface area contributed by atoms with Gasteiger partial charge in [-0.05, 0) is 63.6 Å². The first kappa shape index (κ1) is 25.7.